The summed E-state index contributed by atoms with van der Waals surface area (Å²) in [6, 6.07) is 10.6. The fourth-order valence-corrected chi connectivity index (χ4v) is 2.05. The van der Waals surface area contributed by atoms with Gasteiger partial charge in [-0.1, -0.05) is 12.1 Å². The second-order valence-corrected chi connectivity index (χ2v) is 4.26. The molecule has 1 aromatic carbocycles. The second-order valence-electron chi connectivity index (χ2n) is 4.26. The van der Waals surface area contributed by atoms with E-state index in [0.717, 1.165) is 17.1 Å². The smallest absolute Gasteiger partial charge is 0.147 e. The number of pyridine rings is 2. The number of fused-ring (bicyclic) bond motifs is 1. The lowest BCUT2D eigenvalue weighted by Crippen LogP contribution is -2.03. The molecule has 0 aliphatic rings. The lowest BCUT2D eigenvalue weighted by atomic mass is 10.0. The summed E-state index contributed by atoms with van der Waals surface area (Å²) in [6.07, 6.45) is 3.26. The predicted molar refractivity (Wildman–Crippen MR) is 70.0 cm³/mol. The van der Waals surface area contributed by atoms with Crippen molar-refractivity contribution in [3.8, 4) is 0 Å². The maximum absolute atomic E-state index is 13.6. The monoisotopic (exact) mass is 254 g/mol. The van der Waals surface area contributed by atoms with Crippen LogP contribution in [0, 0.1) is 5.82 Å². The van der Waals surface area contributed by atoms with E-state index in [-0.39, 0.29) is 5.56 Å². The van der Waals surface area contributed by atoms with Crippen LogP contribution in [0.2, 0.25) is 0 Å². The lowest BCUT2D eigenvalue weighted by molar-refractivity contribution is 0.215. The molecule has 1 atom stereocenters. The Labute approximate surface area is 109 Å². The number of hydrogen-bond donors (Lipinski definition) is 1. The number of aliphatic hydroxyl groups is 1. The Bertz CT molecular complexity index is 730. The zero-order chi connectivity index (χ0) is 13.2. The summed E-state index contributed by atoms with van der Waals surface area (Å²) in [5.41, 5.74) is 1.69. The third-order valence-electron chi connectivity index (χ3n) is 3.04. The highest BCUT2D eigenvalue weighted by molar-refractivity contribution is 5.79. The Morgan fingerprint density at radius 1 is 1.11 bits per heavy atom. The third-order valence-corrected chi connectivity index (χ3v) is 3.04. The molecule has 0 aliphatic heterocycles. The van der Waals surface area contributed by atoms with Crippen LogP contribution < -0.4 is 0 Å². The summed E-state index contributed by atoms with van der Waals surface area (Å²) in [5, 5.41) is 11.2. The first-order chi connectivity index (χ1) is 9.25. The number of hydrogen-bond acceptors (Lipinski definition) is 3. The van der Waals surface area contributed by atoms with Gasteiger partial charge in [-0.15, -0.1) is 0 Å². The fourth-order valence-electron chi connectivity index (χ4n) is 2.05. The van der Waals surface area contributed by atoms with Gasteiger partial charge in [-0.2, -0.15) is 0 Å². The Morgan fingerprint density at radius 3 is 2.84 bits per heavy atom. The SMILES string of the molecule is OC(c1ccc2ncccc2c1)c1ccncc1F. The van der Waals surface area contributed by atoms with E-state index < -0.39 is 11.9 Å². The molecule has 0 bridgehead atoms. The van der Waals surface area contributed by atoms with Gasteiger partial charge in [-0.3, -0.25) is 9.97 Å². The van der Waals surface area contributed by atoms with Crippen LogP contribution in [0.15, 0.2) is 55.0 Å². The zero-order valence-electron chi connectivity index (χ0n) is 9.99. The first-order valence-electron chi connectivity index (χ1n) is 5.88. The minimum absolute atomic E-state index is 0.221. The molecule has 94 valence electrons. The molecule has 3 rings (SSSR count). The van der Waals surface area contributed by atoms with Crippen molar-refractivity contribution in [2.75, 3.05) is 0 Å². The zero-order valence-corrected chi connectivity index (χ0v) is 9.99. The molecular weight excluding hydrogens is 243 g/mol. The lowest BCUT2D eigenvalue weighted by Gasteiger charge is -2.12. The maximum Gasteiger partial charge on any atom is 0.147 e. The highest BCUT2D eigenvalue weighted by Crippen LogP contribution is 2.25. The summed E-state index contributed by atoms with van der Waals surface area (Å²) in [7, 11) is 0. The fraction of sp³-hybridized carbons (Fsp3) is 0.0667. The first kappa shape index (κ1) is 11.7. The van der Waals surface area contributed by atoms with Gasteiger partial charge in [-0.05, 0) is 29.8 Å². The van der Waals surface area contributed by atoms with E-state index in [1.54, 1.807) is 12.3 Å². The molecule has 2 heterocycles. The number of benzene rings is 1. The van der Waals surface area contributed by atoms with E-state index >= 15 is 0 Å². The maximum atomic E-state index is 13.6. The molecule has 1 N–H and O–H groups in total. The summed E-state index contributed by atoms with van der Waals surface area (Å²) in [5.74, 6) is -0.513. The van der Waals surface area contributed by atoms with Gasteiger partial charge < -0.3 is 5.11 Å². The van der Waals surface area contributed by atoms with E-state index in [1.165, 1.54) is 12.3 Å². The highest BCUT2D eigenvalue weighted by atomic mass is 19.1. The minimum atomic E-state index is -1.01. The quantitative estimate of drug-likeness (QED) is 0.764. The molecule has 3 nitrogen and oxygen atoms in total. The number of nitrogens with zero attached hydrogens (tertiary/aromatic N) is 2. The van der Waals surface area contributed by atoms with E-state index in [2.05, 4.69) is 9.97 Å². The van der Waals surface area contributed by atoms with Gasteiger partial charge in [0.25, 0.3) is 0 Å². The third kappa shape index (κ3) is 2.18. The summed E-state index contributed by atoms with van der Waals surface area (Å²) < 4.78 is 13.6. The Morgan fingerprint density at radius 2 is 2.00 bits per heavy atom. The molecule has 0 spiro atoms. The average molecular weight is 254 g/mol. The Balaban J connectivity index is 2.07. The van der Waals surface area contributed by atoms with Crippen molar-refractivity contribution in [1.29, 1.82) is 0 Å². The van der Waals surface area contributed by atoms with Crippen LogP contribution in [0.25, 0.3) is 10.9 Å². The van der Waals surface area contributed by atoms with Crippen molar-refractivity contribution in [3.63, 3.8) is 0 Å². The number of aliphatic hydroxyl groups excluding tert-OH is 1. The molecule has 0 saturated carbocycles. The van der Waals surface area contributed by atoms with Crippen LogP contribution in [-0.2, 0) is 0 Å². The molecule has 3 aromatic rings. The van der Waals surface area contributed by atoms with E-state index in [4.69, 9.17) is 0 Å². The molecule has 0 saturated heterocycles. The predicted octanol–water partition coefficient (Wildman–Crippen LogP) is 2.85. The number of rotatable bonds is 2. The van der Waals surface area contributed by atoms with Crippen molar-refractivity contribution in [2.24, 2.45) is 0 Å². The normalized spacial score (nSPS) is 12.5. The topological polar surface area (TPSA) is 46.0 Å². The van der Waals surface area contributed by atoms with Crippen LogP contribution in [0.3, 0.4) is 0 Å². The Kier molecular flexibility index (Phi) is 2.93. The molecule has 0 fully saturated rings. The van der Waals surface area contributed by atoms with Gasteiger partial charge in [0.1, 0.15) is 11.9 Å². The minimum Gasteiger partial charge on any atom is -0.384 e. The second kappa shape index (κ2) is 4.74. The number of halogens is 1. The van der Waals surface area contributed by atoms with Gasteiger partial charge >= 0.3 is 0 Å². The molecule has 4 heteroatoms. The van der Waals surface area contributed by atoms with Gasteiger partial charge in [0.05, 0.1) is 11.7 Å². The van der Waals surface area contributed by atoms with Crippen LogP contribution in [0.1, 0.15) is 17.2 Å². The standard InChI is InChI=1S/C15H11FN2O/c16-13-9-17-7-5-12(13)15(19)11-3-4-14-10(8-11)2-1-6-18-14/h1-9,15,19H. The summed E-state index contributed by atoms with van der Waals surface area (Å²) in [6.45, 7) is 0. The van der Waals surface area contributed by atoms with Crippen molar-refractivity contribution < 1.29 is 9.50 Å². The van der Waals surface area contributed by atoms with Crippen molar-refractivity contribution in [2.45, 2.75) is 6.10 Å². The summed E-state index contributed by atoms with van der Waals surface area (Å²) in [4.78, 5) is 7.88. The van der Waals surface area contributed by atoms with E-state index in [9.17, 15) is 9.50 Å². The Hall–Kier alpha value is -2.33. The van der Waals surface area contributed by atoms with Crippen LogP contribution in [-0.4, -0.2) is 15.1 Å². The van der Waals surface area contributed by atoms with Crippen LogP contribution >= 0.6 is 0 Å². The van der Waals surface area contributed by atoms with Crippen molar-refractivity contribution in [1.82, 2.24) is 9.97 Å². The molecule has 0 aliphatic carbocycles. The van der Waals surface area contributed by atoms with Gasteiger partial charge in [-0.25, -0.2) is 4.39 Å². The average Bonchev–Trinajstić information content (AvgIpc) is 2.46. The summed E-state index contributed by atoms with van der Waals surface area (Å²) >= 11 is 0. The van der Waals surface area contributed by atoms with Crippen LogP contribution in [0.5, 0.6) is 0 Å². The number of aromatic nitrogens is 2. The van der Waals surface area contributed by atoms with Crippen molar-refractivity contribution >= 4 is 10.9 Å². The van der Waals surface area contributed by atoms with Gasteiger partial charge in [0.15, 0.2) is 0 Å². The molecular formula is C15H11FN2O. The molecule has 1 unspecified atom stereocenters. The first-order valence-corrected chi connectivity index (χ1v) is 5.88. The molecule has 0 amide bonds. The van der Waals surface area contributed by atoms with Crippen LogP contribution in [0.4, 0.5) is 4.39 Å². The van der Waals surface area contributed by atoms with Gasteiger partial charge in [0.2, 0.25) is 0 Å². The molecule has 2 aromatic heterocycles. The van der Waals surface area contributed by atoms with Crippen molar-refractivity contribution in [3.05, 3.63) is 71.9 Å². The van der Waals surface area contributed by atoms with Gasteiger partial charge in [0, 0.05) is 23.3 Å². The molecule has 0 radical (unpaired) electrons. The largest absolute Gasteiger partial charge is 0.384 e. The van der Waals surface area contributed by atoms with E-state index in [0.29, 0.717) is 5.56 Å². The highest BCUT2D eigenvalue weighted by Gasteiger charge is 2.15. The molecule has 19 heavy (non-hydrogen) atoms. The van der Waals surface area contributed by atoms with E-state index in [1.807, 2.05) is 24.3 Å².